The van der Waals surface area contributed by atoms with E-state index in [1.807, 2.05) is 24.3 Å². The average molecular weight is 417 g/mol. The van der Waals surface area contributed by atoms with E-state index in [-0.39, 0.29) is 12.5 Å². The predicted molar refractivity (Wildman–Crippen MR) is 110 cm³/mol. The molecule has 2 N–H and O–H groups in total. The van der Waals surface area contributed by atoms with E-state index in [4.69, 9.17) is 9.47 Å². The molecular weight excluding hydrogens is 398 g/mol. The van der Waals surface area contributed by atoms with Crippen LogP contribution in [0, 0.1) is 11.8 Å². The van der Waals surface area contributed by atoms with E-state index >= 15 is 0 Å². The lowest BCUT2D eigenvalue weighted by Gasteiger charge is -2.26. The molecule has 3 aliphatic heterocycles. The fraction of sp³-hybridized carbons (Fsp3) is 0.261. The summed E-state index contributed by atoms with van der Waals surface area (Å²) in [6.45, 7) is 0.888. The minimum atomic E-state index is -1.53. The average Bonchev–Trinajstić information content (AvgIpc) is 3.43. The molecule has 8 heteroatoms. The number of carbonyl (C=O) groups excluding carboxylic acids is 3. The summed E-state index contributed by atoms with van der Waals surface area (Å²) >= 11 is 0. The zero-order valence-corrected chi connectivity index (χ0v) is 16.8. The van der Waals surface area contributed by atoms with Gasteiger partial charge in [0.05, 0.1) is 20.3 Å². The monoisotopic (exact) mass is 417 g/mol. The number of hydrogen-bond donors (Lipinski definition) is 2. The molecular formula is C23H19N3O5. The molecule has 0 radical (unpaired) electrons. The predicted octanol–water partition coefficient (Wildman–Crippen LogP) is 1.22. The van der Waals surface area contributed by atoms with Gasteiger partial charge in [0.1, 0.15) is 11.5 Å². The van der Waals surface area contributed by atoms with E-state index in [1.165, 1.54) is 12.0 Å². The molecule has 0 unspecified atom stereocenters. The van der Waals surface area contributed by atoms with Gasteiger partial charge in [0.15, 0.2) is 0 Å². The van der Waals surface area contributed by atoms with Gasteiger partial charge in [0, 0.05) is 24.1 Å². The van der Waals surface area contributed by atoms with Crippen molar-refractivity contribution in [1.82, 2.24) is 15.5 Å². The number of nitrogens with one attached hydrogen (secondary N) is 2. The Bertz CT molecular complexity index is 1200. The Morgan fingerprint density at radius 3 is 2.81 bits per heavy atom. The number of urea groups is 1. The highest BCUT2D eigenvalue weighted by Crippen LogP contribution is 2.29. The molecule has 3 heterocycles. The first kappa shape index (κ1) is 19.0. The normalized spacial score (nSPS) is 20.9. The Kier molecular flexibility index (Phi) is 4.33. The lowest BCUT2D eigenvalue weighted by molar-refractivity contribution is -0.122. The maximum absolute atomic E-state index is 12.9. The maximum Gasteiger partial charge on any atom is 0.323 e. The molecule has 8 nitrogen and oxygen atoms in total. The van der Waals surface area contributed by atoms with Crippen molar-refractivity contribution >= 4 is 17.8 Å². The van der Waals surface area contributed by atoms with Crippen LogP contribution in [0.3, 0.4) is 0 Å². The smallest absolute Gasteiger partial charge is 0.323 e. The Balaban J connectivity index is 1.45. The zero-order valence-electron chi connectivity index (χ0n) is 16.8. The van der Waals surface area contributed by atoms with E-state index < -0.39 is 17.5 Å². The minimum absolute atomic E-state index is 0.0680. The topological polar surface area (TPSA) is 97.0 Å². The van der Waals surface area contributed by atoms with E-state index in [0.29, 0.717) is 30.0 Å². The molecule has 156 valence electrons. The molecule has 4 amide bonds. The van der Waals surface area contributed by atoms with Crippen molar-refractivity contribution < 1.29 is 23.9 Å². The second kappa shape index (κ2) is 7.06. The van der Waals surface area contributed by atoms with Crippen LogP contribution in [0.2, 0.25) is 0 Å². The number of carbonyl (C=O) groups is 3. The second-order valence-electron chi connectivity index (χ2n) is 7.67. The van der Waals surface area contributed by atoms with Crippen LogP contribution in [0.25, 0.3) is 0 Å². The van der Waals surface area contributed by atoms with Gasteiger partial charge in [-0.1, -0.05) is 17.9 Å². The summed E-state index contributed by atoms with van der Waals surface area (Å²) in [7, 11) is 1.53. The van der Waals surface area contributed by atoms with Crippen LogP contribution in [0.5, 0.6) is 11.5 Å². The SMILES string of the molecule is COc1ccc2c(c1)C(=O)N(C[C@@]1(C#Cc3ccc4c(c3)CCO4)NC(=O)NC1=O)C2. The van der Waals surface area contributed by atoms with Crippen LogP contribution in [0.15, 0.2) is 36.4 Å². The van der Waals surface area contributed by atoms with Crippen LogP contribution in [0.4, 0.5) is 4.79 Å². The Morgan fingerprint density at radius 1 is 1.16 bits per heavy atom. The molecule has 0 bridgehead atoms. The standard InChI is InChI=1S/C23H19N3O5/c1-30-17-4-3-16-12-26(20(27)18(16)11-17)13-23(21(28)24-22(29)25-23)8-6-14-2-5-19-15(10-14)7-9-31-19/h2-5,10-11H,7,9,12-13H2,1H3,(H2,24,25,28,29)/t23-/m1/s1. The lowest BCUT2D eigenvalue weighted by atomic mass is 9.98. The molecule has 1 atom stereocenters. The number of nitrogens with zero attached hydrogens (tertiary/aromatic N) is 1. The number of ether oxygens (including phenoxy) is 2. The zero-order chi connectivity index (χ0) is 21.6. The maximum atomic E-state index is 12.9. The van der Waals surface area contributed by atoms with Gasteiger partial charge in [-0.2, -0.15) is 0 Å². The molecule has 0 spiro atoms. The highest BCUT2D eigenvalue weighted by atomic mass is 16.5. The van der Waals surface area contributed by atoms with Gasteiger partial charge in [-0.15, -0.1) is 0 Å². The van der Waals surface area contributed by atoms with Gasteiger partial charge in [0.25, 0.3) is 11.8 Å². The van der Waals surface area contributed by atoms with Crippen LogP contribution in [-0.4, -0.2) is 48.5 Å². The summed E-state index contributed by atoms with van der Waals surface area (Å²) in [4.78, 5) is 39.1. The largest absolute Gasteiger partial charge is 0.497 e. The van der Waals surface area contributed by atoms with Crippen molar-refractivity contribution in [2.45, 2.75) is 18.5 Å². The molecule has 2 aromatic rings. The number of rotatable bonds is 3. The first-order valence-corrected chi connectivity index (χ1v) is 9.86. The number of imide groups is 1. The summed E-state index contributed by atoms with van der Waals surface area (Å²) in [6.07, 6.45) is 0.803. The number of hydrogen-bond acceptors (Lipinski definition) is 5. The van der Waals surface area contributed by atoms with E-state index in [0.717, 1.165) is 23.3 Å². The molecule has 0 aliphatic carbocycles. The highest BCUT2D eigenvalue weighted by Gasteiger charge is 2.48. The van der Waals surface area contributed by atoms with Gasteiger partial charge < -0.3 is 19.7 Å². The molecule has 3 aliphatic rings. The van der Waals surface area contributed by atoms with Crippen LogP contribution >= 0.6 is 0 Å². The van der Waals surface area contributed by atoms with Crippen molar-refractivity contribution in [3.8, 4) is 23.3 Å². The fourth-order valence-electron chi connectivity index (χ4n) is 4.05. The summed E-state index contributed by atoms with van der Waals surface area (Å²) in [5.41, 5.74) is 1.58. The van der Waals surface area contributed by atoms with Crippen molar-refractivity contribution in [3.05, 3.63) is 58.7 Å². The van der Waals surface area contributed by atoms with Gasteiger partial charge in [0.2, 0.25) is 5.54 Å². The number of benzene rings is 2. The van der Waals surface area contributed by atoms with Crippen LogP contribution in [0.1, 0.15) is 27.0 Å². The molecule has 31 heavy (non-hydrogen) atoms. The van der Waals surface area contributed by atoms with Crippen LogP contribution in [-0.2, 0) is 17.8 Å². The number of methoxy groups -OCH3 is 1. The van der Waals surface area contributed by atoms with Crippen LogP contribution < -0.4 is 20.1 Å². The van der Waals surface area contributed by atoms with Gasteiger partial charge in [-0.3, -0.25) is 14.9 Å². The highest BCUT2D eigenvalue weighted by molar-refractivity contribution is 6.10. The molecule has 2 aromatic carbocycles. The van der Waals surface area contributed by atoms with Crippen molar-refractivity contribution in [1.29, 1.82) is 0 Å². The molecule has 1 saturated heterocycles. The Labute approximate surface area is 178 Å². The molecule has 0 saturated carbocycles. The Hall–Kier alpha value is -3.99. The lowest BCUT2D eigenvalue weighted by Crippen LogP contribution is -2.54. The number of fused-ring (bicyclic) bond motifs is 2. The van der Waals surface area contributed by atoms with Crippen molar-refractivity contribution in [2.24, 2.45) is 0 Å². The third-order valence-electron chi connectivity index (χ3n) is 5.68. The fourth-order valence-corrected chi connectivity index (χ4v) is 4.05. The summed E-state index contributed by atoms with van der Waals surface area (Å²) in [5, 5.41) is 4.86. The minimum Gasteiger partial charge on any atom is -0.497 e. The first-order chi connectivity index (χ1) is 15.0. The van der Waals surface area contributed by atoms with Crippen molar-refractivity contribution in [2.75, 3.05) is 20.3 Å². The summed E-state index contributed by atoms with van der Waals surface area (Å²) in [6, 6.07) is 10.2. The van der Waals surface area contributed by atoms with E-state index in [9.17, 15) is 14.4 Å². The third kappa shape index (κ3) is 3.24. The van der Waals surface area contributed by atoms with Gasteiger partial charge in [-0.05, 0) is 41.5 Å². The quantitative estimate of drug-likeness (QED) is 0.578. The first-order valence-electron chi connectivity index (χ1n) is 9.86. The van der Waals surface area contributed by atoms with E-state index in [1.54, 1.807) is 12.1 Å². The summed E-state index contributed by atoms with van der Waals surface area (Å²) in [5.74, 6) is 6.53. The number of amides is 4. The molecule has 5 rings (SSSR count). The van der Waals surface area contributed by atoms with Crippen molar-refractivity contribution in [3.63, 3.8) is 0 Å². The third-order valence-corrected chi connectivity index (χ3v) is 5.68. The molecule has 0 aromatic heterocycles. The molecule has 1 fully saturated rings. The van der Waals surface area contributed by atoms with Gasteiger partial charge >= 0.3 is 6.03 Å². The Morgan fingerprint density at radius 2 is 2.03 bits per heavy atom. The van der Waals surface area contributed by atoms with Gasteiger partial charge in [-0.25, -0.2) is 4.79 Å². The summed E-state index contributed by atoms with van der Waals surface area (Å²) < 4.78 is 10.7. The second-order valence-corrected chi connectivity index (χ2v) is 7.67. The van der Waals surface area contributed by atoms with E-state index in [2.05, 4.69) is 22.5 Å².